The van der Waals surface area contributed by atoms with Crippen LogP contribution in [0, 0.1) is 0 Å². The van der Waals surface area contributed by atoms with Crippen LogP contribution >= 0.6 is 22.9 Å². The normalized spacial score (nSPS) is 13.7. The highest BCUT2D eigenvalue weighted by molar-refractivity contribution is 14.1. The van der Waals surface area contributed by atoms with Crippen molar-refractivity contribution < 1.29 is 19.2 Å². The number of amides is 3. The molecular weight excluding hydrogens is 463 g/mol. The summed E-state index contributed by atoms with van der Waals surface area (Å²) in [7, 11) is 0. The number of nitrogens with one attached hydrogen (secondary N) is 4. The number of benzene rings is 1. The molecule has 3 atom stereocenters. The Bertz CT molecular complexity index is 710. The lowest BCUT2D eigenvalue weighted by atomic mass is 10.1. The number of carbonyl (C=O) groups excluding carboxylic acids is 4. The lowest BCUT2D eigenvalue weighted by Gasteiger charge is -2.21. The molecule has 0 fully saturated rings. The highest BCUT2D eigenvalue weighted by Gasteiger charge is 2.25. The first-order valence-corrected chi connectivity index (χ1v) is 9.66. The molecule has 8 nitrogen and oxygen atoms in total. The van der Waals surface area contributed by atoms with Crippen molar-refractivity contribution in [3.05, 3.63) is 29.8 Å². The number of hydrogen-bond acceptors (Lipinski definition) is 5. The average molecular weight is 488 g/mol. The first-order chi connectivity index (χ1) is 12.7. The van der Waals surface area contributed by atoms with Crippen LogP contribution in [-0.4, -0.2) is 41.6 Å². The molecular formula is C18H25IN4O4. The predicted octanol–water partition coefficient (Wildman–Crippen LogP) is 1.56. The van der Waals surface area contributed by atoms with Crippen molar-refractivity contribution >= 4 is 52.1 Å². The lowest BCUT2D eigenvalue weighted by molar-refractivity contribution is -0.131. The van der Waals surface area contributed by atoms with Crippen molar-refractivity contribution in [1.29, 1.82) is 0 Å². The Kier molecular flexibility index (Phi) is 9.19. The standard InChI is InChI=1S/C18H25IN4O4/c1-5-14(18(27)20-10(2)12(4)24)22-16(25)11(3)21-17(26)13-8-6-7-9-15(13)23-19/h6-11,14,23H,5H2,1-4H3,(H,20,27)(H,21,26)(H,22,25)/t10-,11-,14-/m0/s1. The second-order valence-electron chi connectivity index (χ2n) is 6.15. The van der Waals surface area contributed by atoms with Crippen LogP contribution in [0.25, 0.3) is 0 Å². The molecule has 0 saturated carbocycles. The third kappa shape index (κ3) is 6.81. The fourth-order valence-corrected chi connectivity index (χ4v) is 2.64. The highest BCUT2D eigenvalue weighted by atomic mass is 127. The molecule has 0 heterocycles. The van der Waals surface area contributed by atoms with E-state index in [-0.39, 0.29) is 5.78 Å². The van der Waals surface area contributed by atoms with E-state index in [1.165, 1.54) is 13.8 Å². The van der Waals surface area contributed by atoms with Gasteiger partial charge in [-0.1, -0.05) is 19.1 Å². The van der Waals surface area contributed by atoms with Gasteiger partial charge in [0.25, 0.3) is 5.91 Å². The summed E-state index contributed by atoms with van der Waals surface area (Å²) >= 11 is 1.92. The fourth-order valence-electron chi connectivity index (χ4n) is 2.17. The molecule has 27 heavy (non-hydrogen) atoms. The van der Waals surface area contributed by atoms with Crippen LogP contribution in [0.1, 0.15) is 44.5 Å². The van der Waals surface area contributed by atoms with Gasteiger partial charge in [0.15, 0.2) is 5.78 Å². The van der Waals surface area contributed by atoms with Gasteiger partial charge in [-0.25, -0.2) is 0 Å². The molecule has 0 radical (unpaired) electrons. The van der Waals surface area contributed by atoms with Gasteiger partial charge in [-0.05, 0) is 39.3 Å². The van der Waals surface area contributed by atoms with Gasteiger partial charge >= 0.3 is 0 Å². The zero-order chi connectivity index (χ0) is 20.6. The molecule has 0 bridgehead atoms. The maximum atomic E-state index is 12.4. The number of ketones is 1. The number of carbonyl (C=O) groups is 4. The summed E-state index contributed by atoms with van der Waals surface area (Å²) in [4.78, 5) is 48.2. The maximum Gasteiger partial charge on any atom is 0.254 e. The monoisotopic (exact) mass is 488 g/mol. The summed E-state index contributed by atoms with van der Waals surface area (Å²) in [5, 5.41) is 7.78. The van der Waals surface area contributed by atoms with E-state index >= 15 is 0 Å². The summed E-state index contributed by atoms with van der Waals surface area (Å²) in [5.74, 6) is -1.50. The number of para-hydroxylation sites is 1. The molecule has 0 aliphatic rings. The Balaban J connectivity index is 2.70. The summed E-state index contributed by atoms with van der Waals surface area (Å²) in [6.45, 7) is 6.24. The van der Waals surface area contributed by atoms with Crippen LogP contribution in [-0.2, 0) is 14.4 Å². The second-order valence-corrected chi connectivity index (χ2v) is 6.68. The van der Waals surface area contributed by atoms with E-state index in [9.17, 15) is 19.2 Å². The van der Waals surface area contributed by atoms with Crippen molar-refractivity contribution in [1.82, 2.24) is 16.0 Å². The largest absolute Gasteiger partial charge is 0.345 e. The molecule has 0 aromatic heterocycles. The van der Waals surface area contributed by atoms with E-state index < -0.39 is 35.8 Å². The van der Waals surface area contributed by atoms with E-state index in [4.69, 9.17) is 0 Å². The molecule has 0 spiro atoms. The minimum Gasteiger partial charge on any atom is -0.345 e. The SMILES string of the molecule is CC[C@H](NC(=O)[C@H](C)NC(=O)c1ccccc1NI)C(=O)N[C@@H](C)C(C)=O. The third-order valence-corrected chi connectivity index (χ3v) is 4.61. The number of Topliss-reactive ketones (excluding diaryl/α,β-unsaturated/α-hetero) is 1. The first-order valence-electron chi connectivity index (χ1n) is 8.58. The molecule has 148 valence electrons. The molecule has 9 heteroatoms. The Morgan fingerprint density at radius 3 is 2.15 bits per heavy atom. The molecule has 1 rings (SSSR count). The smallest absolute Gasteiger partial charge is 0.254 e. The van der Waals surface area contributed by atoms with E-state index in [0.717, 1.165) is 0 Å². The topological polar surface area (TPSA) is 116 Å². The van der Waals surface area contributed by atoms with Gasteiger partial charge < -0.3 is 19.5 Å². The maximum absolute atomic E-state index is 12.4. The summed E-state index contributed by atoms with van der Waals surface area (Å²) in [6, 6.07) is 4.66. The van der Waals surface area contributed by atoms with Gasteiger partial charge in [-0.15, -0.1) is 0 Å². The zero-order valence-corrected chi connectivity index (χ0v) is 17.9. The van der Waals surface area contributed by atoms with Gasteiger partial charge in [0.1, 0.15) is 12.1 Å². The van der Waals surface area contributed by atoms with Crippen LogP contribution in [0.4, 0.5) is 5.69 Å². The van der Waals surface area contributed by atoms with Crippen molar-refractivity contribution in [2.75, 3.05) is 3.53 Å². The Morgan fingerprint density at radius 1 is 0.963 bits per heavy atom. The lowest BCUT2D eigenvalue weighted by Crippen LogP contribution is -2.54. The fraction of sp³-hybridized carbons (Fsp3) is 0.444. The Hall–Kier alpha value is -2.17. The van der Waals surface area contributed by atoms with Gasteiger partial charge in [-0.2, -0.15) is 0 Å². The number of anilines is 1. The molecule has 1 aromatic carbocycles. The molecule has 0 saturated heterocycles. The minimum absolute atomic E-state index is 0.173. The zero-order valence-electron chi connectivity index (χ0n) is 15.8. The summed E-state index contributed by atoms with van der Waals surface area (Å²) < 4.78 is 2.89. The van der Waals surface area contributed by atoms with Crippen molar-refractivity contribution in [2.45, 2.75) is 52.2 Å². The Morgan fingerprint density at radius 2 is 1.59 bits per heavy atom. The van der Waals surface area contributed by atoms with Crippen LogP contribution in [0.2, 0.25) is 0 Å². The van der Waals surface area contributed by atoms with Gasteiger partial charge in [0, 0.05) is 0 Å². The number of hydrogen-bond donors (Lipinski definition) is 4. The number of rotatable bonds is 9. The number of halogens is 1. The van der Waals surface area contributed by atoms with E-state index in [2.05, 4.69) is 19.5 Å². The van der Waals surface area contributed by atoms with E-state index in [1.807, 2.05) is 22.9 Å². The van der Waals surface area contributed by atoms with Crippen molar-refractivity contribution in [2.24, 2.45) is 0 Å². The third-order valence-electron chi connectivity index (χ3n) is 4.02. The van der Waals surface area contributed by atoms with Crippen LogP contribution < -0.4 is 19.5 Å². The van der Waals surface area contributed by atoms with Gasteiger partial charge in [0.05, 0.1) is 40.2 Å². The molecule has 3 amide bonds. The first kappa shape index (κ1) is 22.9. The Labute approximate surface area is 172 Å². The predicted molar refractivity (Wildman–Crippen MR) is 112 cm³/mol. The van der Waals surface area contributed by atoms with Crippen molar-refractivity contribution in [3.8, 4) is 0 Å². The van der Waals surface area contributed by atoms with Crippen LogP contribution in [0.5, 0.6) is 0 Å². The summed E-state index contributed by atoms with van der Waals surface area (Å²) in [5.41, 5.74) is 1.04. The van der Waals surface area contributed by atoms with Gasteiger partial charge in [-0.3, -0.25) is 19.2 Å². The molecule has 0 unspecified atom stereocenters. The van der Waals surface area contributed by atoms with E-state index in [1.54, 1.807) is 38.1 Å². The van der Waals surface area contributed by atoms with Gasteiger partial charge in [0.2, 0.25) is 11.8 Å². The average Bonchev–Trinajstić information content (AvgIpc) is 2.65. The van der Waals surface area contributed by atoms with E-state index in [0.29, 0.717) is 17.7 Å². The minimum atomic E-state index is -0.841. The molecule has 0 aliphatic carbocycles. The van der Waals surface area contributed by atoms with Crippen LogP contribution in [0.15, 0.2) is 24.3 Å². The quantitative estimate of drug-likeness (QED) is 0.311. The van der Waals surface area contributed by atoms with Crippen molar-refractivity contribution in [3.63, 3.8) is 0 Å². The molecule has 4 N–H and O–H groups in total. The highest BCUT2D eigenvalue weighted by Crippen LogP contribution is 2.16. The second kappa shape index (κ2) is 10.9. The molecule has 0 aliphatic heterocycles. The van der Waals surface area contributed by atoms with Crippen LogP contribution in [0.3, 0.4) is 0 Å². The molecule has 1 aromatic rings. The summed E-state index contributed by atoms with van der Waals surface area (Å²) in [6.07, 6.45) is 0.352.